The molecule has 3 heteroatoms. The number of hydrogen-bond donors (Lipinski definition) is 1. The highest BCUT2D eigenvalue weighted by Crippen LogP contribution is 2.33. The SMILES string of the molecule is CCCCC/C=C\C/C=C\CCCCCCCCO[C@H]1C[C@@H](CCN)C[C@H]1OCCCCCCCC/C=C\C/C=C\CCCCC. The van der Waals surface area contributed by atoms with Crippen LogP contribution in [0.1, 0.15) is 187 Å². The Morgan fingerprint density at radius 2 is 0.804 bits per heavy atom. The molecule has 0 aliphatic heterocycles. The molecule has 3 nitrogen and oxygen atoms in total. The van der Waals surface area contributed by atoms with Crippen LogP contribution < -0.4 is 5.73 Å². The van der Waals surface area contributed by atoms with E-state index in [0.29, 0.717) is 5.92 Å². The van der Waals surface area contributed by atoms with Crippen molar-refractivity contribution in [2.75, 3.05) is 19.8 Å². The molecule has 0 aromatic rings. The lowest BCUT2D eigenvalue weighted by Gasteiger charge is -2.21. The van der Waals surface area contributed by atoms with Gasteiger partial charge in [0.15, 0.2) is 0 Å². The van der Waals surface area contributed by atoms with Gasteiger partial charge in [-0.05, 0) is 109 Å². The highest BCUT2D eigenvalue weighted by molar-refractivity contribution is 4.93. The standard InChI is InChI=1S/C43H79NO2/c1-3-5-7-9-11-13-15-17-19-21-23-25-27-29-31-33-37-45-42-39-41(35-36-44)40-43(42)46-38-34-32-30-28-26-24-22-20-18-16-14-12-10-8-6-4-2/h11-14,17-20,41-43H,3-10,15-16,21-40,44H2,1-2H3/b13-11-,14-12-,19-17-,20-18-/t41-,42+,43-. The molecule has 2 N–H and O–H groups in total. The quantitative estimate of drug-likeness (QED) is 0.0561. The van der Waals surface area contributed by atoms with E-state index in [2.05, 4.69) is 62.5 Å². The van der Waals surface area contributed by atoms with Gasteiger partial charge in [0, 0.05) is 13.2 Å². The summed E-state index contributed by atoms with van der Waals surface area (Å²) in [5, 5.41) is 0. The molecule has 0 amide bonds. The van der Waals surface area contributed by atoms with E-state index < -0.39 is 0 Å². The molecule has 0 radical (unpaired) electrons. The highest BCUT2D eigenvalue weighted by atomic mass is 16.5. The van der Waals surface area contributed by atoms with Gasteiger partial charge in [-0.2, -0.15) is 0 Å². The third kappa shape index (κ3) is 27.9. The van der Waals surface area contributed by atoms with Gasteiger partial charge in [0.1, 0.15) is 0 Å². The fourth-order valence-corrected chi connectivity index (χ4v) is 6.53. The summed E-state index contributed by atoms with van der Waals surface area (Å²) in [5.41, 5.74) is 5.89. The predicted octanol–water partition coefficient (Wildman–Crippen LogP) is 13.1. The Labute approximate surface area is 288 Å². The van der Waals surface area contributed by atoms with E-state index >= 15 is 0 Å². The Balaban J connectivity index is 2.00. The predicted molar refractivity (Wildman–Crippen MR) is 205 cm³/mol. The molecule has 0 spiro atoms. The number of nitrogens with two attached hydrogens (primary N) is 1. The van der Waals surface area contributed by atoms with E-state index in [1.165, 1.54) is 141 Å². The van der Waals surface area contributed by atoms with Gasteiger partial charge < -0.3 is 15.2 Å². The molecule has 0 unspecified atom stereocenters. The summed E-state index contributed by atoms with van der Waals surface area (Å²) in [5.74, 6) is 0.673. The maximum atomic E-state index is 6.41. The first kappa shape index (κ1) is 42.9. The Kier molecular flexibility index (Phi) is 32.8. The van der Waals surface area contributed by atoms with Gasteiger partial charge in [0.2, 0.25) is 0 Å². The van der Waals surface area contributed by atoms with Gasteiger partial charge in [0.25, 0.3) is 0 Å². The zero-order chi connectivity index (χ0) is 33.0. The molecule has 0 saturated heterocycles. The van der Waals surface area contributed by atoms with Gasteiger partial charge in [0.05, 0.1) is 12.2 Å². The molecule has 0 aromatic carbocycles. The van der Waals surface area contributed by atoms with Gasteiger partial charge in [-0.25, -0.2) is 0 Å². The second kappa shape index (κ2) is 35.2. The summed E-state index contributed by atoms with van der Waals surface area (Å²) >= 11 is 0. The second-order valence-corrected chi connectivity index (χ2v) is 13.9. The molecule has 0 aromatic heterocycles. The average Bonchev–Trinajstić information content (AvgIpc) is 3.45. The van der Waals surface area contributed by atoms with Crippen LogP contribution in [0.25, 0.3) is 0 Å². The van der Waals surface area contributed by atoms with E-state index in [1.54, 1.807) is 0 Å². The lowest BCUT2D eigenvalue weighted by atomic mass is 10.0. The Morgan fingerprint density at radius 1 is 0.457 bits per heavy atom. The highest BCUT2D eigenvalue weighted by Gasteiger charge is 2.35. The minimum absolute atomic E-state index is 0.277. The fraction of sp³-hybridized carbons (Fsp3) is 0.814. The first-order valence-electron chi connectivity index (χ1n) is 20.3. The van der Waals surface area contributed by atoms with Crippen LogP contribution in [-0.4, -0.2) is 32.0 Å². The van der Waals surface area contributed by atoms with Crippen LogP contribution in [-0.2, 0) is 9.47 Å². The molecule has 1 rings (SSSR count). The van der Waals surface area contributed by atoms with Crippen molar-refractivity contribution in [1.29, 1.82) is 0 Å². The molecule has 1 fully saturated rings. The Hall–Kier alpha value is -1.16. The van der Waals surface area contributed by atoms with Gasteiger partial charge >= 0.3 is 0 Å². The Morgan fingerprint density at radius 3 is 1.17 bits per heavy atom. The van der Waals surface area contributed by atoms with Crippen LogP contribution in [0.5, 0.6) is 0 Å². The summed E-state index contributed by atoms with van der Waals surface area (Å²) in [6.07, 6.45) is 53.5. The second-order valence-electron chi connectivity index (χ2n) is 13.9. The minimum Gasteiger partial charge on any atom is -0.376 e. The topological polar surface area (TPSA) is 44.5 Å². The third-order valence-electron chi connectivity index (χ3n) is 9.47. The van der Waals surface area contributed by atoms with Crippen molar-refractivity contribution in [2.45, 2.75) is 199 Å². The van der Waals surface area contributed by atoms with Crippen LogP contribution in [0, 0.1) is 5.92 Å². The molecule has 3 atom stereocenters. The minimum atomic E-state index is 0.277. The van der Waals surface area contributed by atoms with Crippen LogP contribution in [0.2, 0.25) is 0 Å². The largest absolute Gasteiger partial charge is 0.376 e. The molecular formula is C43H79NO2. The monoisotopic (exact) mass is 642 g/mol. The third-order valence-corrected chi connectivity index (χ3v) is 9.47. The summed E-state index contributed by atoms with van der Waals surface area (Å²) in [4.78, 5) is 0. The molecule has 1 aliphatic rings. The first-order chi connectivity index (χ1) is 22.8. The van der Waals surface area contributed by atoms with Crippen LogP contribution in [0.4, 0.5) is 0 Å². The molecule has 0 bridgehead atoms. The van der Waals surface area contributed by atoms with Crippen molar-refractivity contribution in [3.8, 4) is 0 Å². The average molecular weight is 642 g/mol. The first-order valence-corrected chi connectivity index (χ1v) is 20.3. The number of rotatable bonds is 34. The summed E-state index contributed by atoms with van der Waals surface area (Å²) in [7, 11) is 0. The maximum Gasteiger partial charge on any atom is 0.0839 e. The van der Waals surface area contributed by atoms with E-state index in [9.17, 15) is 0 Å². The lowest BCUT2D eigenvalue weighted by molar-refractivity contribution is -0.0578. The van der Waals surface area contributed by atoms with E-state index in [-0.39, 0.29) is 12.2 Å². The molecule has 46 heavy (non-hydrogen) atoms. The molecule has 268 valence electrons. The number of hydrogen-bond acceptors (Lipinski definition) is 3. The molecule has 1 aliphatic carbocycles. The molecule has 1 saturated carbocycles. The summed E-state index contributed by atoms with van der Waals surface area (Å²) < 4.78 is 12.8. The van der Waals surface area contributed by atoms with Gasteiger partial charge in [-0.1, -0.05) is 140 Å². The van der Waals surface area contributed by atoms with Crippen LogP contribution >= 0.6 is 0 Å². The van der Waals surface area contributed by atoms with Crippen molar-refractivity contribution < 1.29 is 9.47 Å². The van der Waals surface area contributed by atoms with Crippen molar-refractivity contribution in [3.05, 3.63) is 48.6 Å². The smallest absolute Gasteiger partial charge is 0.0839 e. The van der Waals surface area contributed by atoms with Crippen molar-refractivity contribution in [2.24, 2.45) is 11.7 Å². The molecular weight excluding hydrogens is 562 g/mol. The zero-order valence-corrected chi connectivity index (χ0v) is 31.0. The van der Waals surface area contributed by atoms with Gasteiger partial charge in [-0.15, -0.1) is 0 Å². The zero-order valence-electron chi connectivity index (χ0n) is 31.0. The number of ether oxygens (including phenoxy) is 2. The van der Waals surface area contributed by atoms with Crippen molar-refractivity contribution in [1.82, 2.24) is 0 Å². The van der Waals surface area contributed by atoms with E-state index in [1.807, 2.05) is 0 Å². The number of unbranched alkanes of at least 4 members (excludes halogenated alkanes) is 18. The van der Waals surface area contributed by atoms with Crippen LogP contribution in [0.3, 0.4) is 0 Å². The maximum absolute atomic E-state index is 6.41. The fourth-order valence-electron chi connectivity index (χ4n) is 6.53. The normalized spacial score (nSPS) is 18.9. The van der Waals surface area contributed by atoms with Crippen molar-refractivity contribution >= 4 is 0 Å². The molecule has 0 heterocycles. The summed E-state index contributed by atoms with van der Waals surface area (Å²) in [6.45, 7) is 7.09. The van der Waals surface area contributed by atoms with E-state index in [0.717, 1.165) is 51.9 Å². The Bertz CT molecular complexity index is 668. The number of allylic oxidation sites excluding steroid dienone is 8. The van der Waals surface area contributed by atoms with Crippen molar-refractivity contribution in [3.63, 3.8) is 0 Å². The van der Waals surface area contributed by atoms with Gasteiger partial charge in [-0.3, -0.25) is 0 Å². The van der Waals surface area contributed by atoms with E-state index in [4.69, 9.17) is 15.2 Å². The summed E-state index contributed by atoms with van der Waals surface area (Å²) in [6, 6.07) is 0. The van der Waals surface area contributed by atoms with Crippen LogP contribution in [0.15, 0.2) is 48.6 Å². The lowest BCUT2D eigenvalue weighted by Crippen LogP contribution is -2.27.